The van der Waals surface area contributed by atoms with Gasteiger partial charge in [-0.3, -0.25) is 13.9 Å². The van der Waals surface area contributed by atoms with Crippen LogP contribution in [0.15, 0.2) is 71.6 Å². The van der Waals surface area contributed by atoms with Crippen LogP contribution in [0.2, 0.25) is 15.1 Å². The van der Waals surface area contributed by atoms with Crippen molar-refractivity contribution in [2.45, 2.75) is 57.6 Å². The average molecular weight is 625 g/mol. The largest absolute Gasteiger partial charge is 0.352 e. The number of amides is 2. The molecule has 2 amide bonds. The Hall–Kier alpha value is -2.78. The Labute approximate surface area is 251 Å². The van der Waals surface area contributed by atoms with Crippen LogP contribution in [0.25, 0.3) is 0 Å². The minimum Gasteiger partial charge on any atom is -0.352 e. The van der Waals surface area contributed by atoms with E-state index in [0.717, 1.165) is 9.87 Å². The number of carbonyl (C=O) groups is 2. The second-order valence-electron chi connectivity index (χ2n) is 9.52. The van der Waals surface area contributed by atoms with Gasteiger partial charge in [-0.2, -0.15) is 0 Å². The summed E-state index contributed by atoms with van der Waals surface area (Å²) in [6.07, 6.45) is 0.705. The zero-order chi connectivity index (χ0) is 29.6. The van der Waals surface area contributed by atoms with Crippen molar-refractivity contribution in [3.05, 3.63) is 92.9 Å². The molecule has 2 atom stereocenters. The molecule has 1 N–H and O–H groups in total. The number of carbonyl (C=O) groups excluding carboxylic acids is 2. The van der Waals surface area contributed by atoms with E-state index in [4.69, 9.17) is 34.8 Å². The maximum Gasteiger partial charge on any atom is 0.264 e. The minimum absolute atomic E-state index is 0.00130. The first-order chi connectivity index (χ1) is 18.8. The van der Waals surface area contributed by atoms with E-state index in [1.54, 1.807) is 62.4 Å². The maximum absolute atomic E-state index is 14.0. The number of rotatable bonds is 11. The van der Waals surface area contributed by atoms with Crippen molar-refractivity contribution in [3.8, 4) is 0 Å². The molecule has 0 saturated carbocycles. The molecule has 0 fully saturated rings. The summed E-state index contributed by atoms with van der Waals surface area (Å²) in [6.45, 7) is 6.63. The molecule has 0 aliphatic heterocycles. The molecular weight excluding hydrogens is 593 g/mol. The number of hydrogen-bond donors (Lipinski definition) is 1. The van der Waals surface area contributed by atoms with E-state index < -0.39 is 28.5 Å². The SMILES string of the molecule is CC[C@@H](C)NC(=O)[C@H](C)N(Cc1ccc(Cl)c(Cl)c1)C(=O)CN(c1ccc(C)c(Cl)c1)S(=O)(=O)c1ccccc1. The van der Waals surface area contributed by atoms with Gasteiger partial charge in [0, 0.05) is 17.6 Å². The van der Waals surface area contributed by atoms with Crippen LogP contribution in [-0.2, 0) is 26.2 Å². The summed E-state index contributed by atoms with van der Waals surface area (Å²) in [4.78, 5) is 28.4. The zero-order valence-electron chi connectivity index (χ0n) is 22.7. The highest BCUT2D eigenvalue weighted by molar-refractivity contribution is 7.92. The first-order valence-corrected chi connectivity index (χ1v) is 15.3. The van der Waals surface area contributed by atoms with Gasteiger partial charge >= 0.3 is 0 Å². The minimum atomic E-state index is -4.18. The summed E-state index contributed by atoms with van der Waals surface area (Å²) >= 11 is 18.6. The third-order valence-electron chi connectivity index (χ3n) is 6.56. The van der Waals surface area contributed by atoms with Gasteiger partial charge in [-0.25, -0.2) is 8.42 Å². The second kappa shape index (κ2) is 13.7. The van der Waals surface area contributed by atoms with E-state index in [2.05, 4.69) is 5.32 Å². The van der Waals surface area contributed by atoms with Gasteiger partial charge in [0.1, 0.15) is 12.6 Å². The third kappa shape index (κ3) is 7.69. The van der Waals surface area contributed by atoms with E-state index in [1.807, 2.05) is 13.8 Å². The first-order valence-electron chi connectivity index (χ1n) is 12.7. The number of benzene rings is 3. The first kappa shape index (κ1) is 31.7. The van der Waals surface area contributed by atoms with Crippen molar-refractivity contribution in [3.63, 3.8) is 0 Å². The molecule has 0 aromatic heterocycles. The molecule has 7 nitrogen and oxygen atoms in total. The van der Waals surface area contributed by atoms with Gasteiger partial charge in [-0.05, 0) is 74.7 Å². The topological polar surface area (TPSA) is 86.8 Å². The van der Waals surface area contributed by atoms with Crippen LogP contribution in [0.5, 0.6) is 0 Å². The normalized spacial score (nSPS) is 12.9. The number of halogens is 3. The Morgan fingerprint density at radius 2 is 1.57 bits per heavy atom. The smallest absolute Gasteiger partial charge is 0.264 e. The Morgan fingerprint density at radius 1 is 0.900 bits per heavy atom. The van der Waals surface area contributed by atoms with E-state index >= 15 is 0 Å². The second-order valence-corrected chi connectivity index (χ2v) is 12.6. The molecule has 0 bridgehead atoms. The molecule has 0 heterocycles. The standard InChI is InChI=1S/C29H32Cl3N3O4S/c1-5-20(3)33-29(37)21(4)34(17-22-12-14-25(30)27(32)15-22)28(36)18-35(23-13-11-19(2)26(31)16-23)40(38,39)24-9-7-6-8-10-24/h6-16,20-21H,5,17-18H2,1-4H3,(H,33,37)/t20-,21+/m1/s1. The van der Waals surface area contributed by atoms with Gasteiger partial charge in [-0.1, -0.05) is 72.1 Å². The van der Waals surface area contributed by atoms with Crippen molar-refractivity contribution in [1.82, 2.24) is 10.2 Å². The summed E-state index contributed by atoms with van der Waals surface area (Å²) in [5.74, 6) is -0.951. The Morgan fingerprint density at radius 3 is 2.17 bits per heavy atom. The van der Waals surface area contributed by atoms with Crippen molar-refractivity contribution in [2.24, 2.45) is 0 Å². The number of nitrogens with one attached hydrogen (secondary N) is 1. The van der Waals surface area contributed by atoms with Gasteiger partial charge in [0.05, 0.1) is 20.6 Å². The van der Waals surface area contributed by atoms with Crippen molar-refractivity contribution >= 4 is 62.3 Å². The van der Waals surface area contributed by atoms with E-state index in [-0.39, 0.29) is 29.1 Å². The molecule has 0 unspecified atom stereocenters. The number of hydrogen-bond acceptors (Lipinski definition) is 4. The molecule has 214 valence electrons. The fourth-order valence-electron chi connectivity index (χ4n) is 3.87. The molecule has 0 aliphatic carbocycles. The van der Waals surface area contributed by atoms with E-state index in [0.29, 0.717) is 27.1 Å². The Kier molecular flexibility index (Phi) is 10.9. The summed E-state index contributed by atoms with van der Waals surface area (Å²) in [7, 11) is -4.18. The molecule has 0 saturated heterocycles. The van der Waals surface area contributed by atoms with Crippen LogP contribution in [0.1, 0.15) is 38.3 Å². The molecule has 3 rings (SSSR count). The molecule has 0 aliphatic rings. The molecule has 40 heavy (non-hydrogen) atoms. The van der Waals surface area contributed by atoms with Gasteiger partial charge in [0.15, 0.2) is 0 Å². The lowest BCUT2D eigenvalue weighted by molar-refractivity contribution is -0.139. The fourth-order valence-corrected chi connectivity index (χ4v) is 5.79. The summed E-state index contributed by atoms with van der Waals surface area (Å²) in [5.41, 5.74) is 1.60. The van der Waals surface area contributed by atoms with Gasteiger partial charge < -0.3 is 10.2 Å². The molecule has 3 aromatic carbocycles. The number of aryl methyl sites for hydroxylation is 1. The predicted octanol–water partition coefficient (Wildman–Crippen LogP) is 6.48. The van der Waals surface area contributed by atoms with Crippen LogP contribution in [0, 0.1) is 6.92 Å². The third-order valence-corrected chi connectivity index (χ3v) is 9.49. The number of anilines is 1. The Balaban J connectivity index is 2.05. The van der Waals surface area contributed by atoms with Gasteiger partial charge in [-0.15, -0.1) is 0 Å². The molecule has 11 heteroatoms. The lowest BCUT2D eigenvalue weighted by Gasteiger charge is -2.32. The van der Waals surface area contributed by atoms with Crippen LogP contribution in [0.3, 0.4) is 0 Å². The highest BCUT2D eigenvalue weighted by Crippen LogP contribution is 2.29. The predicted molar refractivity (Wildman–Crippen MR) is 162 cm³/mol. The van der Waals surface area contributed by atoms with E-state index in [9.17, 15) is 18.0 Å². The van der Waals surface area contributed by atoms with Crippen LogP contribution in [-0.4, -0.2) is 43.8 Å². The monoisotopic (exact) mass is 623 g/mol. The van der Waals surface area contributed by atoms with E-state index in [1.165, 1.54) is 23.1 Å². The Bertz CT molecular complexity index is 1470. The molecular formula is C29H32Cl3N3O4S. The molecule has 0 spiro atoms. The summed E-state index contributed by atoms with van der Waals surface area (Å²) < 4.78 is 28.6. The number of sulfonamides is 1. The fraction of sp³-hybridized carbons (Fsp3) is 0.310. The highest BCUT2D eigenvalue weighted by atomic mass is 35.5. The maximum atomic E-state index is 14.0. The lowest BCUT2D eigenvalue weighted by atomic mass is 10.1. The lowest BCUT2D eigenvalue weighted by Crippen LogP contribution is -2.52. The quantitative estimate of drug-likeness (QED) is 0.265. The van der Waals surface area contributed by atoms with Crippen LogP contribution in [0.4, 0.5) is 5.69 Å². The average Bonchev–Trinajstić information content (AvgIpc) is 2.93. The zero-order valence-corrected chi connectivity index (χ0v) is 25.8. The summed E-state index contributed by atoms with van der Waals surface area (Å²) in [5, 5.41) is 3.90. The van der Waals surface area contributed by atoms with Gasteiger partial charge in [0.25, 0.3) is 10.0 Å². The number of nitrogens with zero attached hydrogens (tertiary/aromatic N) is 2. The van der Waals surface area contributed by atoms with Crippen LogP contribution >= 0.6 is 34.8 Å². The van der Waals surface area contributed by atoms with Crippen molar-refractivity contribution < 1.29 is 18.0 Å². The molecule has 3 aromatic rings. The van der Waals surface area contributed by atoms with Crippen molar-refractivity contribution in [2.75, 3.05) is 10.8 Å². The van der Waals surface area contributed by atoms with Crippen molar-refractivity contribution in [1.29, 1.82) is 0 Å². The summed E-state index contributed by atoms with van der Waals surface area (Å²) in [6, 6.07) is 16.5. The molecule has 0 radical (unpaired) electrons. The van der Waals surface area contributed by atoms with Gasteiger partial charge in [0.2, 0.25) is 11.8 Å². The van der Waals surface area contributed by atoms with Crippen LogP contribution < -0.4 is 9.62 Å². The highest BCUT2D eigenvalue weighted by Gasteiger charge is 2.33.